The summed E-state index contributed by atoms with van der Waals surface area (Å²) in [7, 11) is 0. The molecule has 0 N–H and O–H groups in total. The van der Waals surface area contributed by atoms with Gasteiger partial charge in [0.2, 0.25) is 23.6 Å². The molecule has 4 atom stereocenters. The number of carbonyl (C=O) groups is 4. The van der Waals surface area contributed by atoms with Crippen LogP contribution in [0.3, 0.4) is 0 Å². The fourth-order valence-electron chi connectivity index (χ4n) is 6.99. The first-order chi connectivity index (χ1) is 20.6. The van der Waals surface area contributed by atoms with Crippen LogP contribution in [0.25, 0.3) is 0 Å². The van der Waals surface area contributed by atoms with E-state index < -0.39 is 46.8 Å². The van der Waals surface area contributed by atoms with Gasteiger partial charge >= 0.3 is 0 Å². The first kappa shape index (κ1) is 28.1. The largest absolute Gasteiger partial charge is 0.274 e. The second-order valence-corrected chi connectivity index (χ2v) is 12.7. The fraction of sp³-hybridized carbons (Fsp3) is 0.152. The molecule has 2 aliphatic heterocycles. The van der Waals surface area contributed by atoms with Crippen molar-refractivity contribution in [3.63, 3.8) is 0 Å². The second kappa shape index (κ2) is 10.2. The van der Waals surface area contributed by atoms with Crippen LogP contribution in [0.2, 0.25) is 20.1 Å². The Kier molecular flexibility index (Phi) is 6.67. The van der Waals surface area contributed by atoms with E-state index in [1.807, 2.05) is 0 Å². The van der Waals surface area contributed by atoms with Crippen LogP contribution in [0, 0.1) is 11.3 Å². The molecule has 0 radical (unpaired) electrons. The van der Waals surface area contributed by atoms with Gasteiger partial charge in [-0.1, -0.05) is 64.6 Å². The van der Waals surface area contributed by atoms with Gasteiger partial charge in [-0.3, -0.25) is 19.2 Å². The molecule has 2 heterocycles. The van der Waals surface area contributed by atoms with E-state index in [1.165, 1.54) is 0 Å². The molecule has 0 spiro atoms. The summed E-state index contributed by atoms with van der Waals surface area (Å²) in [5.41, 5.74) is 0.630. The van der Waals surface area contributed by atoms with E-state index in [1.54, 1.807) is 91.0 Å². The Morgan fingerprint density at radius 2 is 1.07 bits per heavy atom. The van der Waals surface area contributed by atoms with Crippen LogP contribution in [0.5, 0.6) is 0 Å². The molecular weight excluding hydrogens is 630 g/mol. The van der Waals surface area contributed by atoms with Gasteiger partial charge < -0.3 is 0 Å². The predicted octanol–water partition coefficient (Wildman–Crippen LogP) is 7.47. The first-order valence-electron chi connectivity index (χ1n) is 13.4. The molecule has 0 unspecified atom stereocenters. The van der Waals surface area contributed by atoms with Crippen molar-refractivity contribution in [2.75, 3.05) is 9.80 Å². The molecule has 10 heteroatoms. The molecule has 4 amide bonds. The monoisotopic (exact) mass is 648 g/mol. The molecule has 1 aliphatic carbocycles. The van der Waals surface area contributed by atoms with Gasteiger partial charge in [-0.2, -0.15) is 0 Å². The maximum Gasteiger partial charge on any atom is 0.242 e. The van der Waals surface area contributed by atoms with Gasteiger partial charge in [0.25, 0.3) is 0 Å². The number of imide groups is 2. The van der Waals surface area contributed by atoms with Crippen LogP contribution in [-0.4, -0.2) is 23.6 Å². The highest BCUT2D eigenvalue weighted by Crippen LogP contribution is 2.63. The summed E-state index contributed by atoms with van der Waals surface area (Å²) in [4.78, 5) is 60.5. The standard InChI is InChI=1S/C33H20Cl4N2O4/c34-18-3-1-17(2-4-18)16-33-27(30(41)39(32(33)43)23-12-7-20(36)8-13-23)25-15-21(37)9-14-24(25)26-28(33)31(42)38(29(26)40)22-10-5-19(35)6-11-22/h1-15,26-28H,16H2/t26-,27-,28+,33-/m1/s1. The summed E-state index contributed by atoms with van der Waals surface area (Å²) in [6.45, 7) is 0. The van der Waals surface area contributed by atoms with E-state index >= 15 is 0 Å². The second-order valence-electron chi connectivity index (χ2n) is 10.9. The van der Waals surface area contributed by atoms with Gasteiger partial charge in [0, 0.05) is 20.1 Å². The molecule has 6 nitrogen and oxygen atoms in total. The number of hydrogen-bond acceptors (Lipinski definition) is 4. The van der Waals surface area contributed by atoms with Crippen molar-refractivity contribution in [3.05, 3.63) is 128 Å². The van der Waals surface area contributed by atoms with E-state index in [2.05, 4.69) is 0 Å². The maximum absolute atomic E-state index is 14.9. The topological polar surface area (TPSA) is 74.8 Å². The number of carbonyl (C=O) groups excluding carboxylic acids is 4. The normalized spacial score (nSPS) is 24.3. The zero-order chi connectivity index (χ0) is 30.2. The SMILES string of the molecule is O=C1[C@@H]2c3ccc(Cl)cc3[C@@H]3C(=O)N(c4ccc(Cl)cc4)C(=O)[C@@]3(Cc3ccc(Cl)cc3)[C@@H]2C(=O)N1c1ccc(Cl)cc1. The van der Waals surface area contributed by atoms with Crippen LogP contribution in [0.15, 0.2) is 91.0 Å². The minimum Gasteiger partial charge on any atom is -0.274 e. The average Bonchev–Trinajstić information content (AvgIpc) is 3.38. The lowest BCUT2D eigenvalue weighted by Crippen LogP contribution is -2.51. The van der Waals surface area contributed by atoms with Crippen molar-refractivity contribution in [1.29, 1.82) is 0 Å². The zero-order valence-electron chi connectivity index (χ0n) is 22.1. The lowest BCUT2D eigenvalue weighted by atomic mass is 9.54. The quantitative estimate of drug-likeness (QED) is 0.215. The molecular formula is C33H20Cl4N2O4. The molecule has 7 rings (SSSR count). The molecule has 2 fully saturated rings. The number of benzene rings is 4. The number of nitrogens with zero attached hydrogens (tertiary/aromatic N) is 2. The first-order valence-corrected chi connectivity index (χ1v) is 14.9. The molecule has 0 bridgehead atoms. The Balaban J connectivity index is 1.50. The van der Waals surface area contributed by atoms with E-state index in [0.717, 1.165) is 9.80 Å². The molecule has 4 aromatic carbocycles. The number of fused-ring (bicyclic) bond motifs is 6. The summed E-state index contributed by atoms with van der Waals surface area (Å²) >= 11 is 24.9. The van der Waals surface area contributed by atoms with E-state index in [-0.39, 0.29) is 6.42 Å². The molecule has 2 saturated heterocycles. The van der Waals surface area contributed by atoms with Crippen molar-refractivity contribution in [1.82, 2.24) is 0 Å². The molecule has 0 saturated carbocycles. The Bertz CT molecular complexity index is 1840. The summed E-state index contributed by atoms with van der Waals surface area (Å²) in [6.07, 6.45) is 0.00406. The van der Waals surface area contributed by atoms with Crippen molar-refractivity contribution < 1.29 is 19.2 Å². The average molecular weight is 650 g/mol. The highest BCUT2D eigenvalue weighted by atomic mass is 35.5. The number of halogens is 4. The van der Waals surface area contributed by atoms with Crippen LogP contribution in [0.1, 0.15) is 28.5 Å². The summed E-state index contributed by atoms with van der Waals surface area (Å²) in [6, 6.07) is 24.5. The highest BCUT2D eigenvalue weighted by molar-refractivity contribution is 6.34. The summed E-state index contributed by atoms with van der Waals surface area (Å²) in [5.74, 6) is -5.42. The van der Waals surface area contributed by atoms with Crippen molar-refractivity contribution >= 4 is 81.4 Å². The van der Waals surface area contributed by atoms with E-state index in [9.17, 15) is 19.2 Å². The lowest BCUT2D eigenvalue weighted by Gasteiger charge is -2.43. The number of anilines is 2. The number of amides is 4. The summed E-state index contributed by atoms with van der Waals surface area (Å²) < 4.78 is 0. The Morgan fingerprint density at radius 3 is 1.65 bits per heavy atom. The fourth-order valence-corrected chi connectivity index (χ4v) is 7.55. The minimum absolute atomic E-state index is 0.00406. The van der Waals surface area contributed by atoms with Crippen LogP contribution < -0.4 is 9.80 Å². The summed E-state index contributed by atoms with van der Waals surface area (Å²) in [5, 5.41) is 1.71. The third kappa shape index (κ3) is 4.15. The third-order valence-corrected chi connectivity index (χ3v) is 9.71. The molecule has 3 aliphatic rings. The number of rotatable bonds is 4. The number of hydrogen-bond donors (Lipinski definition) is 0. The Morgan fingerprint density at radius 1 is 0.558 bits per heavy atom. The van der Waals surface area contributed by atoms with Gasteiger partial charge in [-0.15, -0.1) is 0 Å². The minimum atomic E-state index is -1.65. The Hall–Kier alpha value is -3.68. The smallest absolute Gasteiger partial charge is 0.242 e. The van der Waals surface area contributed by atoms with Crippen LogP contribution >= 0.6 is 46.4 Å². The van der Waals surface area contributed by atoms with Gasteiger partial charge in [0.15, 0.2) is 0 Å². The van der Waals surface area contributed by atoms with Crippen LogP contribution in [0.4, 0.5) is 11.4 Å². The van der Waals surface area contributed by atoms with Crippen molar-refractivity contribution in [2.24, 2.45) is 11.3 Å². The van der Waals surface area contributed by atoms with Crippen molar-refractivity contribution in [2.45, 2.75) is 18.3 Å². The van der Waals surface area contributed by atoms with Gasteiger partial charge in [0.1, 0.15) is 0 Å². The van der Waals surface area contributed by atoms with Crippen LogP contribution in [-0.2, 0) is 25.6 Å². The molecule has 4 aromatic rings. The van der Waals surface area contributed by atoms with E-state index in [4.69, 9.17) is 46.4 Å². The van der Waals surface area contributed by atoms with Gasteiger partial charge in [-0.05, 0) is 95.9 Å². The van der Waals surface area contributed by atoms with Crippen molar-refractivity contribution in [3.8, 4) is 0 Å². The van der Waals surface area contributed by atoms with Gasteiger partial charge in [-0.25, -0.2) is 9.80 Å². The molecule has 0 aromatic heterocycles. The lowest BCUT2D eigenvalue weighted by molar-refractivity contribution is -0.138. The predicted molar refractivity (Wildman–Crippen MR) is 166 cm³/mol. The maximum atomic E-state index is 14.9. The van der Waals surface area contributed by atoms with E-state index in [0.29, 0.717) is 48.2 Å². The van der Waals surface area contributed by atoms with Gasteiger partial charge in [0.05, 0.1) is 34.5 Å². The Labute approximate surface area is 266 Å². The molecule has 214 valence electrons. The zero-order valence-corrected chi connectivity index (χ0v) is 25.2. The third-order valence-electron chi connectivity index (χ3n) is 8.72. The highest BCUT2D eigenvalue weighted by Gasteiger charge is 2.73. The molecule has 43 heavy (non-hydrogen) atoms.